The molecule has 120 valence electrons. The zero-order chi connectivity index (χ0) is 15.7. The fraction of sp³-hybridized carbons (Fsp3) is 0.684. The fourth-order valence-electron chi connectivity index (χ4n) is 2.65. The summed E-state index contributed by atoms with van der Waals surface area (Å²) in [5, 5.41) is 3.65. The van der Waals surface area contributed by atoms with Crippen molar-refractivity contribution in [2.24, 2.45) is 11.8 Å². The van der Waals surface area contributed by atoms with Crippen molar-refractivity contribution in [1.29, 1.82) is 0 Å². The molecule has 0 radical (unpaired) electrons. The van der Waals surface area contributed by atoms with E-state index in [1.165, 1.54) is 18.5 Å². The van der Waals surface area contributed by atoms with Crippen molar-refractivity contribution in [1.82, 2.24) is 10.2 Å². The Morgan fingerprint density at radius 2 is 1.67 bits per heavy atom. The first-order valence-electron chi connectivity index (χ1n) is 8.58. The van der Waals surface area contributed by atoms with E-state index < -0.39 is 0 Å². The van der Waals surface area contributed by atoms with Crippen LogP contribution in [-0.2, 0) is 0 Å². The van der Waals surface area contributed by atoms with E-state index in [1.54, 1.807) is 0 Å². The number of hydrogen-bond acceptors (Lipinski definition) is 2. The number of rotatable bonds is 10. The van der Waals surface area contributed by atoms with Crippen molar-refractivity contribution in [3.05, 3.63) is 35.9 Å². The third-order valence-electron chi connectivity index (χ3n) is 4.16. The van der Waals surface area contributed by atoms with Gasteiger partial charge in [-0.1, -0.05) is 71.4 Å². The highest BCUT2D eigenvalue weighted by Crippen LogP contribution is 2.21. The molecule has 0 saturated heterocycles. The van der Waals surface area contributed by atoms with Gasteiger partial charge in [0.1, 0.15) is 0 Å². The molecule has 1 N–H and O–H groups in total. The summed E-state index contributed by atoms with van der Waals surface area (Å²) in [6.45, 7) is 15.8. The normalized spacial score (nSPS) is 14.6. The summed E-state index contributed by atoms with van der Waals surface area (Å²) in [6.07, 6.45) is 1.25. The highest BCUT2D eigenvalue weighted by atomic mass is 15.2. The molecule has 0 aliphatic carbocycles. The first-order valence-corrected chi connectivity index (χ1v) is 8.58. The highest BCUT2D eigenvalue weighted by Gasteiger charge is 2.20. The van der Waals surface area contributed by atoms with E-state index in [0.29, 0.717) is 12.0 Å². The minimum Gasteiger partial charge on any atom is -0.315 e. The van der Waals surface area contributed by atoms with Gasteiger partial charge >= 0.3 is 0 Å². The molecule has 1 rings (SSSR count). The Morgan fingerprint density at radius 1 is 1.00 bits per heavy atom. The van der Waals surface area contributed by atoms with Crippen LogP contribution in [-0.4, -0.2) is 31.1 Å². The quantitative estimate of drug-likeness (QED) is 0.689. The average Bonchev–Trinajstić information content (AvgIpc) is 2.50. The van der Waals surface area contributed by atoms with Gasteiger partial charge in [-0.2, -0.15) is 0 Å². The molecule has 2 unspecified atom stereocenters. The van der Waals surface area contributed by atoms with E-state index in [4.69, 9.17) is 0 Å². The van der Waals surface area contributed by atoms with Crippen LogP contribution in [0.25, 0.3) is 0 Å². The molecule has 1 aromatic rings. The van der Waals surface area contributed by atoms with Crippen LogP contribution >= 0.6 is 0 Å². The van der Waals surface area contributed by atoms with Gasteiger partial charge in [0.2, 0.25) is 0 Å². The number of nitrogens with one attached hydrogen (secondary N) is 1. The maximum absolute atomic E-state index is 3.65. The van der Waals surface area contributed by atoms with Crippen molar-refractivity contribution in [2.45, 2.75) is 47.1 Å². The summed E-state index contributed by atoms with van der Waals surface area (Å²) in [6, 6.07) is 11.4. The molecule has 1 aromatic carbocycles. The molecule has 2 nitrogen and oxygen atoms in total. The van der Waals surface area contributed by atoms with Crippen LogP contribution in [0.3, 0.4) is 0 Å². The van der Waals surface area contributed by atoms with Crippen LogP contribution in [0, 0.1) is 11.8 Å². The summed E-state index contributed by atoms with van der Waals surface area (Å²) in [5.41, 5.74) is 1.43. The van der Waals surface area contributed by atoms with E-state index in [2.05, 4.69) is 75.2 Å². The fourth-order valence-corrected chi connectivity index (χ4v) is 2.65. The van der Waals surface area contributed by atoms with E-state index in [-0.39, 0.29) is 0 Å². The lowest BCUT2D eigenvalue weighted by molar-refractivity contribution is 0.173. The lowest BCUT2D eigenvalue weighted by Crippen LogP contribution is -2.39. The Morgan fingerprint density at radius 3 is 2.19 bits per heavy atom. The number of likely N-dealkylation sites (N-methyl/N-ethyl adjacent to an activating group) is 1. The molecule has 0 amide bonds. The van der Waals surface area contributed by atoms with E-state index in [0.717, 1.165) is 25.6 Å². The zero-order valence-electron chi connectivity index (χ0n) is 14.6. The van der Waals surface area contributed by atoms with Crippen LogP contribution in [0.15, 0.2) is 30.3 Å². The van der Waals surface area contributed by atoms with Gasteiger partial charge < -0.3 is 5.32 Å². The third-order valence-corrected chi connectivity index (χ3v) is 4.16. The summed E-state index contributed by atoms with van der Waals surface area (Å²) in [5.74, 6) is 1.45. The lowest BCUT2D eigenvalue weighted by atomic mass is 10.0. The maximum atomic E-state index is 3.65. The van der Waals surface area contributed by atoms with Gasteiger partial charge in [-0.25, -0.2) is 0 Å². The molecule has 2 atom stereocenters. The van der Waals surface area contributed by atoms with Crippen molar-refractivity contribution in [3.8, 4) is 0 Å². The zero-order valence-corrected chi connectivity index (χ0v) is 14.6. The first kappa shape index (κ1) is 18.2. The van der Waals surface area contributed by atoms with Crippen LogP contribution < -0.4 is 5.32 Å². The van der Waals surface area contributed by atoms with E-state index in [1.807, 2.05) is 0 Å². The van der Waals surface area contributed by atoms with Crippen molar-refractivity contribution >= 4 is 0 Å². The summed E-state index contributed by atoms with van der Waals surface area (Å²) >= 11 is 0. The van der Waals surface area contributed by atoms with Crippen molar-refractivity contribution in [3.63, 3.8) is 0 Å². The Kier molecular flexibility index (Phi) is 8.63. The third kappa shape index (κ3) is 6.62. The molecule has 0 aliphatic rings. The molecule has 21 heavy (non-hydrogen) atoms. The number of nitrogens with zero attached hydrogens (tertiary/aromatic N) is 1. The van der Waals surface area contributed by atoms with Gasteiger partial charge in [0.25, 0.3) is 0 Å². The molecule has 0 heterocycles. The lowest BCUT2D eigenvalue weighted by Gasteiger charge is -2.33. The standard InChI is InChI=1S/C19H34N2/c1-6-17(5)15-21(7-2)19(14-20-13-16(3)4)18-11-9-8-10-12-18/h8-12,16-17,19-20H,6-7,13-15H2,1-5H3. The molecule has 0 spiro atoms. The minimum atomic E-state index is 0.476. The molecule has 0 saturated carbocycles. The van der Waals surface area contributed by atoms with E-state index >= 15 is 0 Å². The molecule has 0 bridgehead atoms. The average molecular weight is 290 g/mol. The van der Waals surface area contributed by atoms with Gasteiger partial charge in [0.05, 0.1) is 0 Å². The van der Waals surface area contributed by atoms with Gasteiger partial charge in [-0.3, -0.25) is 4.90 Å². The number of benzene rings is 1. The Hall–Kier alpha value is -0.860. The highest BCUT2D eigenvalue weighted by molar-refractivity contribution is 5.19. The van der Waals surface area contributed by atoms with Crippen LogP contribution in [0.2, 0.25) is 0 Å². The molecule has 0 aliphatic heterocycles. The van der Waals surface area contributed by atoms with Crippen molar-refractivity contribution in [2.75, 3.05) is 26.2 Å². The van der Waals surface area contributed by atoms with E-state index in [9.17, 15) is 0 Å². The Bertz CT molecular complexity index is 361. The van der Waals surface area contributed by atoms with Gasteiger partial charge in [0, 0.05) is 19.1 Å². The predicted molar refractivity (Wildman–Crippen MR) is 93.6 cm³/mol. The topological polar surface area (TPSA) is 15.3 Å². The SMILES string of the molecule is CCC(C)CN(CC)C(CNCC(C)C)c1ccccc1. The molecular formula is C19H34N2. The first-order chi connectivity index (χ1) is 10.1. The minimum absolute atomic E-state index is 0.476. The monoisotopic (exact) mass is 290 g/mol. The largest absolute Gasteiger partial charge is 0.315 e. The molecular weight excluding hydrogens is 256 g/mol. The second-order valence-electron chi connectivity index (χ2n) is 6.58. The number of hydrogen-bond donors (Lipinski definition) is 1. The predicted octanol–water partition coefficient (Wildman–Crippen LogP) is 4.34. The summed E-state index contributed by atoms with van der Waals surface area (Å²) in [7, 11) is 0. The Balaban J connectivity index is 2.78. The second kappa shape index (κ2) is 9.97. The van der Waals surface area contributed by atoms with Gasteiger partial charge in [0.15, 0.2) is 0 Å². The Labute approximate surface area is 131 Å². The van der Waals surface area contributed by atoms with Crippen LogP contribution in [0.1, 0.15) is 52.6 Å². The smallest absolute Gasteiger partial charge is 0.0472 e. The molecule has 0 aromatic heterocycles. The summed E-state index contributed by atoms with van der Waals surface area (Å²) < 4.78 is 0. The van der Waals surface area contributed by atoms with Gasteiger partial charge in [-0.05, 0) is 30.5 Å². The second-order valence-corrected chi connectivity index (χ2v) is 6.58. The maximum Gasteiger partial charge on any atom is 0.0472 e. The van der Waals surface area contributed by atoms with Crippen LogP contribution in [0.4, 0.5) is 0 Å². The van der Waals surface area contributed by atoms with Crippen LogP contribution in [0.5, 0.6) is 0 Å². The summed E-state index contributed by atoms with van der Waals surface area (Å²) in [4.78, 5) is 2.62. The van der Waals surface area contributed by atoms with Gasteiger partial charge in [-0.15, -0.1) is 0 Å². The molecule has 2 heteroatoms. The van der Waals surface area contributed by atoms with Crippen molar-refractivity contribution < 1.29 is 0 Å². The molecule has 0 fully saturated rings.